The highest BCUT2D eigenvalue weighted by atomic mass is 35.5. The van der Waals surface area contributed by atoms with Crippen molar-refractivity contribution in [2.24, 2.45) is 5.41 Å². The molecule has 0 saturated heterocycles. The van der Waals surface area contributed by atoms with Crippen LogP contribution in [0.5, 0.6) is 0 Å². The first kappa shape index (κ1) is 17.6. The minimum absolute atomic E-state index is 0.125. The number of amides is 2. The van der Waals surface area contributed by atoms with Crippen LogP contribution in [0.4, 0.5) is 14.5 Å². The van der Waals surface area contributed by atoms with Crippen LogP contribution in [0.25, 0.3) is 0 Å². The number of rotatable bonds is 3. The van der Waals surface area contributed by atoms with E-state index in [1.54, 1.807) is 6.92 Å². The maximum absolute atomic E-state index is 13.6. The summed E-state index contributed by atoms with van der Waals surface area (Å²) in [7, 11) is 0. The zero-order valence-corrected chi connectivity index (χ0v) is 13.2. The Morgan fingerprint density at radius 3 is 2.52 bits per heavy atom. The highest BCUT2D eigenvalue weighted by Gasteiger charge is 2.39. The first-order valence-electron chi connectivity index (χ1n) is 7.14. The quantitative estimate of drug-likeness (QED) is 0.734. The van der Waals surface area contributed by atoms with Gasteiger partial charge in [-0.2, -0.15) is 0 Å². The van der Waals surface area contributed by atoms with E-state index in [0.29, 0.717) is 6.42 Å². The van der Waals surface area contributed by atoms with Gasteiger partial charge in [0.15, 0.2) is 11.6 Å². The van der Waals surface area contributed by atoms with E-state index in [1.807, 2.05) is 5.32 Å². The average molecular weight is 347 g/mol. The molecule has 0 aliphatic heterocycles. The van der Waals surface area contributed by atoms with Gasteiger partial charge in [0.1, 0.15) is 5.69 Å². The van der Waals surface area contributed by atoms with Crippen molar-refractivity contribution >= 4 is 29.1 Å². The van der Waals surface area contributed by atoms with Crippen molar-refractivity contribution in [1.82, 2.24) is 5.32 Å². The second-order valence-corrected chi connectivity index (χ2v) is 6.37. The Bertz CT molecular complexity index is 618. The van der Waals surface area contributed by atoms with Crippen LogP contribution in [0.1, 0.15) is 26.2 Å². The van der Waals surface area contributed by atoms with Crippen molar-refractivity contribution in [3.8, 4) is 0 Å². The standard InChI is InChI=1S/C15H17ClF2N2O3/c1-15(7-21)4-2-3-11(15)19-13(22)14(23)20-12-9(17)5-8(16)6-10(12)18/h5-6,11,21H,2-4,7H2,1H3,(H,19,22)(H,20,23). The molecule has 126 valence electrons. The van der Waals surface area contributed by atoms with E-state index < -0.39 is 34.6 Å². The number of aliphatic hydroxyl groups is 1. The highest BCUT2D eigenvalue weighted by Crippen LogP contribution is 2.37. The molecular weight excluding hydrogens is 330 g/mol. The van der Waals surface area contributed by atoms with Gasteiger partial charge in [0, 0.05) is 16.5 Å². The summed E-state index contributed by atoms with van der Waals surface area (Å²) in [6.45, 7) is 1.68. The molecule has 0 spiro atoms. The SMILES string of the molecule is CC1(CO)CCCC1NC(=O)C(=O)Nc1c(F)cc(Cl)cc1F. The summed E-state index contributed by atoms with van der Waals surface area (Å²) < 4.78 is 27.2. The van der Waals surface area contributed by atoms with Crippen LogP contribution in [0.15, 0.2) is 12.1 Å². The Hall–Kier alpha value is -1.73. The lowest BCUT2D eigenvalue weighted by Crippen LogP contribution is -2.48. The summed E-state index contributed by atoms with van der Waals surface area (Å²) in [5, 5.41) is 13.7. The number of hydrogen-bond acceptors (Lipinski definition) is 3. The van der Waals surface area contributed by atoms with Crippen LogP contribution in [-0.2, 0) is 9.59 Å². The van der Waals surface area contributed by atoms with Gasteiger partial charge in [-0.3, -0.25) is 9.59 Å². The van der Waals surface area contributed by atoms with E-state index in [4.69, 9.17) is 11.6 Å². The fourth-order valence-electron chi connectivity index (χ4n) is 2.72. The highest BCUT2D eigenvalue weighted by molar-refractivity contribution is 6.39. The summed E-state index contributed by atoms with van der Waals surface area (Å²) >= 11 is 5.49. The molecule has 1 aromatic carbocycles. The van der Waals surface area contributed by atoms with Crippen molar-refractivity contribution < 1.29 is 23.5 Å². The monoisotopic (exact) mass is 346 g/mol. The van der Waals surface area contributed by atoms with Crippen LogP contribution >= 0.6 is 11.6 Å². The third kappa shape index (κ3) is 3.79. The normalized spacial score (nSPS) is 23.6. The minimum Gasteiger partial charge on any atom is -0.396 e. The Labute approximate surface area is 137 Å². The summed E-state index contributed by atoms with van der Waals surface area (Å²) in [6, 6.07) is 1.29. The number of hydrogen-bond donors (Lipinski definition) is 3. The molecule has 1 saturated carbocycles. The van der Waals surface area contributed by atoms with E-state index >= 15 is 0 Å². The molecule has 23 heavy (non-hydrogen) atoms. The van der Waals surface area contributed by atoms with Gasteiger partial charge in [-0.15, -0.1) is 0 Å². The molecule has 1 fully saturated rings. The van der Waals surface area contributed by atoms with Crippen molar-refractivity contribution in [2.75, 3.05) is 11.9 Å². The molecule has 0 radical (unpaired) electrons. The number of aliphatic hydroxyl groups excluding tert-OH is 1. The molecule has 3 N–H and O–H groups in total. The third-order valence-electron chi connectivity index (χ3n) is 4.20. The minimum atomic E-state index is -1.18. The predicted octanol–water partition coefficient (Wildman–Crippen LogP) is 2.22. The Morgan fingerprint density at radius 2 is 1.96 bits per heavy atom. The fourth-order valence-corrected chi connectivity index (χ4v) is 2.92. The Kier molecular flexibility index (Phi) is 5.21. The molecule has 2 unspecified atom stereocenters. The van der Waals surface area contributed by atoms with Gasteiger partial charge in [0.2, 0.25) is 0 Å². The number of carbonyl (C=O) groups is 2. The van der Waals surface area contributed by atoms with Gasteiger partial charge in [-0.25, -0.2) is 8.78 Å². The zero-order chi connectivity index (χ0) is 17.2. The third-order valence-corrected chi connectivity index (χ3v) is 4.42. The predicted molar refractivity (Wildman–Crippen MR) is 81.0 cm³/mol. The average Bonchev–Trinajstić information content (AvgIpc) is 2.84. The van der Waals surface area contributed by atoms with Crippen LogP contribution in [0.3, 0.4) is 0 Å². The second kappa shape index (κ2) is 6.80. The first-order chi connectivity index (χ1) is 10.8. The molecule has 1 aromatic rings. The van der Waals surface area contributed by atoms with E-state index in [-0.39, 0.29) is 17.7 Å². The van der Waals surface area contributed by atoms with Gasteiger partial charge < -0.3 is 15.7 Å². The topological polar surface area (TPSA) is 78.4 Å². The molecule has 5 nitrogen and oxygen atoms in total. The Morgan fingerprint density at radius 1 is 1.35 bits per heavy atom. The van der Waals surface area contributed by atoms with Crippen molar-refractivity contribution in [3.63, 3.8) is 0 Å². The summed E-state index contributed by atoms with van der Waals surface area (Å²) in [4.78, 5) is 23.8. The van der Waals surface area contributed by atoms with E-state index in [9.17, 15) is 23.5 Å². The summed E-state index contributed by atoms with van der Waals surface area (Å²) in [6.07, 6.45) is 2.15. The number of halogens is 3. The van der Waals surface area contributed by atoms with Crippen molar-refractivity contribution in [1.29, 1.82) is 0 Å². The first-order valence-corrected chi connectivity index (χ1v) is 7.52. The molecule has 2 atom stereocenters. The van der Waals surface area contributed by atoms with E-state index in [2.05, 4.69) is 5.32 Å². The summed E-state index contributed by atoms with van der Waals surface area (Å²) in [5.41, 5.74) is -1.24. The maximum Gasteiger partial charge on any atom is 0.313 e. The second-order valence-electron chi connectivity index (χ2n) is 5.93. The lowest BCUT2D eigenvalue weighted by Gasteiger charge is -2.29. The molecule has 8 heteroatoms. The van der Waals surface area contributed by atoms with Gasteiger partial charge in [-0.05, 0) is 25.0 Å². The van der Waals surface area contributed by atoms with Crippen LogP contribution in [-0.4, -0.2) is 29.6 Å². The van der Waals surface area contributed by atoms with Crippen molar-refractivity contribution in [3.05, 3.63) is 28.8 Å². The molecule has 0 bridgehead atoms. The smallest absolute Gasteiger partial charge is 0.313 e. The lowest BCUT2D eigenvalue weighted by atomic mass is 9.86. The number of carbonyl (C=O) groups excluding carboxylic acids is 2. The zero-order valence-electron chi connectivity index (χ0n) is 12.5. The number of nitrogens with one attached hydrogen (secondary N) is 2. The molecule has 0 heterocycles. The molecule has 0 aromatic heterocycles. The number of anilines is 1. The van der Waals surface area contributed by atoms with E-state index in [1.165, 1.54) is 0 Å². The summed E-state index contributed by atoms with van der Waals surface area (Å²) in [5.74, 6) is -4.34. The molecule has 1 aliphatic carbocycles. The number of benzene rings is 1. The fraction of sp³-hybridized carbons (Fsp3) is 0.467. The Balaban J connectivity index is 2.05. The lowest BCUT2D eigenvalue weighted by molar-refractivity contribution is -0.137. The molecular formula is C15H17ClF2N2O3. The van der Waals surface area contributed by atoms with Gasteiger partial charge in [0.05, 0.1) is 6.61 Å². The van der Waals surface area contributed by atoms with Gasteiger partial charge >= 0.3 is 11.8 Å². The molecule has 2 amide bonds. The van der Waals surface area contributed by atoms with Crippen molar-refractivity contribution in [2.45, 2.75) is 32.2 Å². The molecule has 1 aliphatic rings. The maximum atomic E-state index is 13.6. The largest absolute Gasteiger partial charge is 0.396 e. The van der Waals surface area contributed by atoms with Gasteiger partial charge in [-0.1, -0.05) is 24.9 Å². The van der Waals surface area contributed by atoms with E-state index in [0.717, 1.165) is 25.0 Å². The van der Waals surface area contributed by atoms with Crippen LogP contribution in [0.2, 0.25) is 5.02 Å². The van der Waals surface area contributed by atoms with Crippen LogP contribution < -0.4 is 10.6 Å². The molecule has 2 rings (SSSR count). The van der Waals surface area contributed by atoms with Crippen LogP contribution in [0, 0.1) is 17.0 Å². The van der Waals surface area contributed by atoms with Gasteiger partial charge in [0.25, 0.3) is 0 Å².